The number of aryl methyl sites for hydroxylation is 1. The molecule has 0 radical (unpaired) electrons. The monoisotopic (exact) mass is 564 g/mol. The third-order valence-corrected chi connectivity index (χ3v) is 8.54. The van der Waals surface area contributed by atoms with Gasteiger partial charge in [0.1, 0.15) is 11.3 Å². The summed E-state index contributed by atoms with van der Waals surface area (Å²) in [6, 6.07) is 24.9. The van der Waals surface area contributed by atoms with E-state index in [1.54, 1.807) is 19.2 Å². The van der Waals surface area contributed by atoms with Gasteiger partial charge in [0.2, 0.25) is 10.0 Å². The van der Waals surface area contributed by atoms with Crippen molar-refractivity contribution >= 4 is 44.1 Å². The zero-order chi connectivity index (χ0) is 28.9. The predicted molar refractivity (Wildman–Crippen MR) is 163 cm³/mol. The highest BCUT2D eigenvalue weighted by Crippen LogP contribution is 2.42. The second-order valence-corrected chi connectivity index (χ2v) is 12.1. The lowest BCUT2D eigenvalue weighted by Gasteiger charge is -2.20. The molecular formula is C32H28N4O4S. The maximum atomic E-state index is 13.2. The first-order valence-electron chi connectivity index (χ1n) is 13.1. The van der Waals surface area contributed by atoms with E-state index in [0.717, 1.165) is 34.2 Å². The number of aliphatic imine (C=N–C) groups is 1. The van der Waals surface area contributed by atoms with Crippen LogP contribution in [0, 0.1) is 6.92 Å². The number of fused-ring (bicyclic) bond motifs is 2. The van der Waals surface area contributed by atoms with Crippen LogP contribution >= 0.6 is 0 Å². The second-order valence-electron chi connectivity index (χ2n) is 10.1. The second kappa shape index (κ2) is 10.0. The average Bonchev–Trinajstić information content (AvgIpc) is 3.57. The van der Waals surface area contributed by atoms with E-state index in [9.17, 15) is 13.2 Å². The van der Waals surface area contributed by atoms with Crippen LogP contribution in [-0.2, 0) is 16.4 Å². The van der Waals surface area contributed by atoms with E-state index in [-0.39, 0.29) is 5.91 Å². The minimum Gasteiger partial charge on any atom is -0.455 e. The molecule has 3 heterocycles. The van der Waals surface area contributed by atoms with E-state index in [1.807, 2.05) is 73.7 Å². The van der Waals surface area contributed by atoms with E-state index in [0.29, 0.717) is 51.5 Å². The van der Waals surface area contributed by atoms with Crippen LogP contribution in [-0.4, -0.2) is 45.4 Å². The summed E-state index contributed by atoms with van der Waals surface area (Å²) in [6.07, 6.45) is 1.80. The van der Waals surface area contributed by atoms with Crippen LogP contribution < -0.4 is 9.62 Å². The Hall–Kier alpha value is -4.76. The number of nitrogens with one attached hydrogen (secondary N) is 1. The number of anilines is 1. The van der Waals surface area contributed by atoms with Crippen LogP contribution in [0.1, 0.15) is 27.0 Å². The number of amides is 1. The first-order chi connectivity index (χ1) is 19.6. The molecule has 0 saturated heterocycles. The highest BCUT2D eigenvalue weighted by atomic mass is 32.2. The Morgan fingerprint density at radius 2 is 1.71 bits per heavy atom. The summed E-state index contributed by atoms with van der Waals surface area (Å²) in [5, 5.41) is 3.27. The Morgan fingerprint density at radius 1 is 0.976 bits per heavy atom. The van der Waals surface area contributed by atoms with E-state index < -0.39 is 10.0 Å². The number of sulfonamides is 1. The number of furan rings is 1. The summed E-state index contributed by atoms with van der Waals surface area (Å²) >= 11 is 0. The molecule has 1 N–H and O–H groups in total. The third kappa shape index (κ3) is 4.78. The molecule has 0 atom stereocenters. The summed E-state index contributed by atoms with van der Waals surface area (Å²) in [7, 11) is -0.580. The summed E-state index contributed by atoms with van der Waals surface area (Å²) in [6.45, 7) is 1.98. The lowest BCUT2D eigenvalue weighted by Crippen LogP contribution is -2.25. The lowest BCUT2D eigenvalue weighted by molar-refractivity contribution is 0.0964. The van der Waals surface area contributed by atoms with Crippen molar-refractivity contribution in [1.82, 2.24) is 10.3 Å². The van der Waals surface area contributed by atoms with Crippen molar-refractivity contribution in [2.45, 2.75) is 13.3 Å². The third-order valence-electron chi connectivity index (χ3n) is 7.35. The predicted octanol–water partition coefficient (Wildman–Crippen LogP) is 5.90. The molecule has 1 aliphatic heterocycles. The molecule has 0 spiro atoms. The van der Waals surface area contributed by atoms with Crippen molar-refractivity contribution in [1.29, 1.82) is 0 Å². The van der Waals surface area contributed by atoms with Gasteiger partial charge in [-0.1, -0.05) is 66.2 Å². The number of pyridine rings is 1. The van der Waals surface area contributed by atoms with Crippen LogP contribution in [0.3, 0.4) is 0 Å². The van der Waals surface area contributed by atoms with Gasteiger partial charge in [0, 0.05) is 48.7 Å². The van der Waals surface area contributed by atoms with Gasteiger partial charge in [0.15, 0.2) is 5.82 Å². The van der Waals surface area contributed by atoms with Crippen molar-refractivity contribution in [2.75, 3.05) is 24.7 Å². The van der Waals surface area contributed by atoms with Gasteiger partial charge in [-0.05, 0) is 24.6 Å². The quantitative estimate of drug-likeness (QED) is 0.276. The first-order valence-corrected chi connectivity index (χ1v) is 15.0. The maximum Gasteiger partial charge on any atom is 0.255 e. The van der Waals surface area contributed by atoms with Gasteiger partial charge < -0.3 is 9.73 Å². The standard InChI is InChI=1S/C32H28N4O4S/c1-19-10-12-21(13-11-19)30-29(32(37)33-2)24-17-23(27(18-28(24)40-30)36(3)41(4,38)39)25-15-14-22-16-26(35-31(22)34-25)20-8-6-5-7-9-20/h5-15,17-18H,16H2,1-4H3,(H,33,37). The highest BCUT2D eigenvalue weighted by molar-refractivity contribution is 7.92. The molecule has 41 heavy (non-hydrogen) atoms. The largest absolute Gasteiger partial charge is 0.455 e. The smallest absolute Gasteiger partial charge is 0.255 e. The molecule has 8 nitrogen and oxygen atoms in total. The van der Waals surface area contributed by atoms with Crippen molar-refractivity contribution in [3.8, 4) is 22.6 Å². The summed E-state index contributed by atoms with van der Waals surface area (Å²) in [5.74, 6) is 0.686. The van der Waals surface area contributed by atoms with Crippen molar-refractivity contribution in [3.63, 3.8) is 0 Å². The van der Waals surface area contributed by atoms with Gasteiger partial charge in [-0.2, -0.15) is 0 Å². The lowest BCUT2D eigenvalue weighted by atomic mass is 10.00. The number of rotatable bonds is 6. The molecule has 0 saturated carbocycles. The van der Waals surface area contributed by atoms with Crippen LogP contribution in [0.4, 0.5) is 11.5 Å². The normalized spacial score (nSPS) is 12.7. The molecular weight excluding hydrogens is 536 g/mol. The Labute approximate surface area is 238 Å². The van der Waals surface area contributed by atoms with E-state index in [2.05, 4.69) is 5.32 Å². The van der Waals surface area contributed by atoms with Crippen LogP contribution in [0.25, 0.3) is 33.6 Å². The fourth-order valence-corrected chi connectivity index (χ4v) is 5.55. The summed E-state index contributed by atoms with van der Waals surface area (Å²) in [5.41, 5.74) is 6.97. The first kappa shape index (κ1) is 26.5. The highest BCUT2D eigenvalue weighted by Gasteiger charge is 2.27. The molecule has 0 fully saturated rings. The molecule has 9 heteroatoms. The fourth-order valence-electron chi connectivity index (χ4n) is 5.04. The van der Waals surface area contributed by atoms with Crippen LogP contribution in [0.15, 0.2) is 88.3 Å². The molecule has 1 aliphatic rings. The van der Waals surface area contributed by atoms with Gasteiger partial charge in [0.05, 0.1) is 28.9 Å². The van der Waals surface area contributed by atoms with Gasteiger partial charge >= 0.3 is 0 Å². The minimum absolute atomic E-state index is 0.312. The zero-order valence-corrected chi connectivity index (χ0v) is 23.9. The number of hydrogen-bond donors (Lipinski definition) is 1. The molecule has 0 unspecified atom stereocenters. The SMILES string of the molecule is CNC(=O)c1c(-c2ccc(C)cc2)oc2cc(N(C)S(C)(=O)=O)c(-c3ccc4c(n3)N=C(c3ccccc3)C4)cc12. The average molecular weight is 565 g/mol. The Balaban J connectivity index is 1.58. The number of hydrogen-bond acceptors (Lipinski definition) is 6. The summed E-state index contributed by atoms with van der Waals surface area (Å²) < 4.78 is 32.9. The van der Waals surface area contributed by atoms with Gasteiger partial charge in [-0.3, -0.25) is 9.10 Å². The Bertz CT molecular complexity index is 1960. The minimum atomic E-state index is -3.64. The van der Waals surface area contributed by atoms with E-state index in [4.69, 9.17) is 14.4 Å². The van der Waals surface area contributed by atoms with E-state index in [1.165, 1.54) is 11.4 Å². The van der Waals surface area contributed by atoms with Gasteiger partial charge in [-0.15, -0.1) is 0 Å². The molecule has 6 rings (SSSR count). The number of benzene rings is 3. The number of carbonyl (C=O) groups is 1. The Kier molecular flexibility index (Phi) is 6.46. The zero-order valence-electron chi connectivity index (χ0n) is 23.1. The topological polar surface area (TPSA) is 105 Å². The molecule has 1 amide bonds. The van der Waals surface area contributed by atoms with Crippen LogP contribution in [0.2, 0.25) is 0 Å². The number of nitrogens with zero attached hydrogens (tertiary/aromatic N) is 3. The van der Waals surface area contributed by atoms with Crippen molar-refractivity contribution in [2.24, 2.45) is 4.99 Å². The molecule has 0 aliphatic carbocycles. The fraction of sp³-hybridized carbons (Fsp3) is 0.156. The van der Waals surface area contributed by atoms with Crippen LogP contribution in [0.5, 0.6) is 0 Å². The van der Waals surface area contributed by atoms with E-state index >= 15 is 0 Å². The summed E-state index contributed by atoms with van der Waals surface area (Å²) in [4.78, 5) is 22.8. The number of carbonyl (C=O) groups excluding carboxylic acids is 1. The van der Waals surface area contributed by atoms with Gasteiger partial charge in [-0.25, -0.2) is 18.4 Å². The molecule has 0 bridgehead atoms. The van der Waals surface area contributed by atoms with Crippen molar-refractivity contribution < 1.29 is 17.6 Å². The molecule has 5 aromatic rings. The molecule has 2 aromatic heterocycles. The van der Waals surface area contributed by atoms with Gasteiger partial charge in [0.25, 0.3) is 5.91 Å². The van der Waals surface area contributed by atoms with Crippen molar-refractivity contribution in [3.05, 3.63) is 101 Å². The Morgan fingerprint density at radius 3 is 2.39 bits per heavy atom. The molecule has 3 aromatic carbocycles. The molecule has 206 valence electrons. The number of aromatic nitrogens is 1. The maximum absolute atomic E-state index is 13.2.